The summed E-state index contributed by atoms with van der Waals surface area (Å²) in [4.78, 5) is 4.49. The number of fused-ring (bicyclic) bond motifs is 1. The van der Waals surface area contributed by atoms with Crippen molar-refractivity contribution in [3.63, 3.8) is 0 Å². The molecule has 2 aromatic rings. The first kappa shape index (κ1) is 14.0. The molecule has 0 saturated heterocycles. The third-order valence-electron chi connectivity index (χ3n) is 3.25. The molecule has 0 bridgehead atoms. The first-order chi connectivity index (χ1) is 9.42. The molecule has 0 spiro atoms. The predicted octanol–water partition coefficient (Wildman–Crippen LogP) is 2.79. The Hall–Kier alpha value is -1.45. The lowest BCUT2D eigenvalue weighted by atomic mass is 10.0. The SMILES string of the molecule is COCCNCCCCc1cccc2cccnc12. The average molecular weight is 258 g/mol. The lowest BCUT2D eigenvalue weighted by Crippen LogP contribution is -2.20. The number of methoxy groups -OCH3 is 1. The number of benzene rings is 1. The molecule has 0 saturated carbocycles. The van der Waals surface area contributed by atoms with Crippen molar-refractivity contribution in [3.8, 4) is 0 Å². The van der Waals surface area contributed by atoms with Crippen molar-refractivity contribution >= 4 is 10.9 Å². The topological polar surface area (TPSA) is 34.1 Å². The van der Waals surface area contributed by atoms with Crippen LogP contribution in [0.2, 0.25) is 0 Å². The maximum absolute atomic E-state index is 5.00. The van der Waals surface area contributed by atoms with Crippen LogP contribution >= 0.6 is 0 Å². The van der Waals surface area contributed by atoms with Gasteiger partial charge >= 0.3 is 0 Å². The van der Waals surface area contributed by atoms with E-state index in [1.165, 1.54) is 23.8 Å². The number of para-hydroxylation sites is 1. The summed E-state index contributed by atoms with van der Waals surface area (Å²) >= 11 is 0. The molecule has 0 radical (unpaired) electrons. The van der Waals surface area contributed by atoms with E-state index in [0.717, 1.165) is 31.6 Å². The molecule has 0 aliphatic carbocycles. The molecule has 1 heterocycles. The third-order valence-corrected chi connectivity index (χ3v) is 3.25. The standard InChI is InChI=1S/C16H22N2O/c1-19-13-12-17-10-3-2-6-14-7-4-8-15-9-5-11-18-16(14)15/h4-5,7-9,11,17H,2-3,6,10,12-13H2,1H3. The summed E-state index contributed by atoms with van der Waals surface area (Å²) in [5, 5.41) is 4.60. The molecule has 0 amide bonds. The fourth-order valence-electron chi connectivity index (χ4n) is 2.23. The van der Waals surface area contributed by atoms with Gasteiger partial charge in [0.15, 0.2) is 0 Å². The highest BCUT2D eigenvalue weighted by molar-refractivity contribution is 5.81. The number of pyridine rings is 1. The second kappa shape index (κ2) is 7.87. The van der Waals surface area contributed by atoms with Crippen molar-refractivity contribution < 1.29 is 4.74 Å². The van der Waals surface area contributed by atoms with Crippen LogP contribution in [0.4, 0.5) is 0 Å². The van der Waals surface area contributed by atoms with Crippen LogP contribution in [0.25, 0.3) is 10.9 Å². The number of hydrogen-bond donors (Lipinski definition) is 1. The van der Waals surface area contributed by atoms with Crippen LogP contribution in [0, 0.1) is 0 Å². The zero-order chi connectivity index (χ0) is 13.3. The van der Waals surface area contributed by atoms with E-state index in [2.05, 4.69) is 34.6 Å². The molecule has 3 heteroatoms. The molecule has 1 aromatic carbocycles. The summed E-state index contributed by atoms with van der Waals surface area (Å²) in [5.74, 6) is 0. The smallest absolute Gasteiger partial charge is 0.0733 e. The number of aromatic nitrogens is 1. The summed E-state index contributed by atoms with van der Waals surface area (Å²) < 4.78 is 5.00. The van der Waals surface area contributed by atoms with Gasteiger partial charge in [-0.05, 0) is 37.4 Å². The molecule has 3 nitrogen and oxygen atoms in total. The number of nitrogens with zero attached hydrogens (tertiary/aromatic N) is 1. The van der Waals surface area contributed by atoms with E-state index in [4.69, 9.17) is 4.74 Å². The van der Waals surface area contributed by atoms with Gasteiger partial charge in [0.25, 0.3) is 0 Å². The van der Waals surface area contributed by atoms with Crippen LogP contribution in [0.15, 0.2) is 36.5 Å². The monoisotopic (exact) mass is 258 g/mol. The van der Waals surface area contributed by atoms with Crippen LogP contribution in [0.3, 0.4) is 0 Å². The highest BCUT2D eigenvalue weighted by Gasteiger charge is 2.01. The normalized spacial score (nSPS) is 11.0. The Kier molecular flexibility index (Phi) is 5.79. The van der Waals surface area contributed by atoms with Crippen LogP contribution in [0.1, 0.15) is 18.4 Å². The lowest BCUT2D eigenvalue weighted by Gasteiger charge is -2.06. The fourth-order valence-corrected chi connectivity index (χ4v) is 2.23. The number of ether oxygens (including phenoxy) is 1. The predicted molar refractivity (Wildman–Crippen MR) is 79.4 cm³/mol. The molecule has 2 rings (SSSR count). The lowest BCUT2D eigenvalue weighted by molar-refractivity contribution is 0.199. The van der Waals surface area contributed by atoms with Gasteiger partial charge in [0.1, 0.15) is 0 Å². The minimum Gasteiger partial charge on any atom is -0.383 e. The number of rotatable bonds is 8. The highest BCUT2D eigenvalue weighted by Crippen LogP contribution is 2.17. The molecule has 0 atom stereocenters. The van der Waals surface area contributed by atoms with Crippen LogP contribution in [0.5, 0.6) is 0 Å². The van der Waals surface area contributed by atoms with Crippen molar-refractivity contribution in [2.24, 2.45) is 0 Å². The number of aryl methyl sites for hydroxylation is 1. The molecule has 0 aliphatic heterocycles. The summed E-state index contributed by atoms with van der Waals surface area (Å²) in [6.45, 7) is 2.78. The minimum atomic E-state index is 0.785. The second-order valence-corrected chi connectivity index (χ2v) is 4.69. The van der Waals surface area contributed by atoms with Crippen LogP contribution in [-0.4, -0.2) is 31.8 Å². The van der Waals surface area contributed by atoms with Crippen molar-refractivity contribution in [1.29, 1.82) is 0 Å². The van der Waals surface area contributed by atoms with Gasteiger partial charge in [0.2, 0.25) is 0 Å². The highest BCUT2D eigenvalue weighted by atomic mass is 16.5. The van der Waals surface area contributed by atoms with Crippen molar-refractivity contribution in [3.05, 3.63) is 42.1 Å². The summed E-state index contributed by atoms with van der Waals surface area (Å²) in [5.41, 5.74) is 2.51. The Labute approximate surface area is 115 Å². The molecule has 102 valence electrons. The molecule has 0 unspecified atom stereocenters. The zero-order valence-corrected chi connectivity index (χ0v) is 11.6. The van der Waals surface area contributed by atoms with Crippen molar-refractivity contribution in [2.75, 3.05) is 26.8 Å². The number of nitrogens with one attached hydrogen (secondary N) is 1. The Bertz CT molecular complexity index is 494. The van der Waals surface area contributed by atoms with E-state index in [9.17, 15) is 0 Å². The van der Waals surface area contributed by atoms with Gasteiger partial charge in [-0.1, -0.05) is 24.3 Å². The van der Waals surface area contributed by atoms with Gasteiger partial charge < -0.3 is 10.1 Å². The Balaban J connectivity index is 1.78. The summed E-state index contributed by atoms with van der Waals surface area (Å²) in [6.07, 6.45) is 5.35. The van der Waals surface area contributed by atoms with Crippen LogP contribution < -0.4 is 5.32 Å². The number of unbranched alkanes of at least 4 members (excludes halogenated alkanes) is 1. The third kappa shape index (κ3) is 4.30. The van der Waals surface area contributed by atoms with E-state index in [0.29, 0.717) is 0 Å². The van der Waals surface area contributed by atoms with E-state index in [1.807, 2.05) is 12.3 Å². The second-order valence-electron chi connectivity index (χ2n) is 4.69. The fraction of sp³-hybridized carbons (Fsp3) is 0.438. The maximum atomic E-state index is 5.00. The van der Waals surface area contributed by atoms with E-state index >= 15 is 0 Å². The van der Waals surface area contributed by atoms with E-state index < -0.39 is 0 Å². The molecular weight excluding hydrogens is 236 g/mol. The van der Waals surface area contributed by atoms with Crippen molar-refractivity contribution in [1.82, 2.24) is 10.3 Å². The number of hydrogen-bond acceptors (Lipinski definition) is 3. The molecular formula is C16H22N2O. The molecule has 0 aliphatic rings. The van der Waals surface area contributed by atoms with Crippen LogP contribution in [-0.2, 0) is 11.2 Å². The molecule has 19 heavy (non-hydrogen) atoms. The van der Waals surface area contributed by atoms with Gasteiger partial charge in [-0.25, -0.2) is 0 Å². The van der Waals surface area contributed by atoms with Crippen molar-refractivity contribution in [2.45, 2.75) is 19.3 Å². The van der Waals surface area contributed by atoms with Gasteiger partial charge in [0.05, 0.1) is 12.1 Å². The largest absolute Gasteiger partial charge is 0.383 e. The summed E-state index contributed by atoms with van der Waals surface area (Å²) in [6, 6.07) is 10.5. The first-order valence-corrected chi connectivity index (χ1v) is 6.94. The van der Waals surface area contributed by atoms with Gasteiger partial charge in [0, 0.05) is 25.2 Å². The van der Waals surface area contributed by atoms with E-state index in [-0.39, 0.29) is 0 Å². The Morgan fingerprint density at radius 2 is 2.00 bits per heavy atom. The Morgan fingerprint density at radius 1 is 1.11 bits per heavy atom. The quantitative estimate of drug-likeness (QED) is 0.739. The first-order valence-electron chi connectivity index (χ1n) is 6.94. The average Bonchev–Trinajstić information content (AvgIpc) is 2.46. The molecule has 1 aromatic heterocycles. The molecule has 1 N–H and O–H groups in total. The molecule has 0 fully saturated rings. The Morgan fingerprint density at radius 3 is 2.89 bits per heavy atom. The van der Waals surface area contributed by atoms with Gasteiger partial charge in [-0.3, -0.25) is 4.98 Å². The minimum absolute atomic E-state index is 0.785. The van der Waals surface area contributed by atoms with E-state index in [1.54, 1.807) is 7.11 Å². The summed E-state index contributed by atoms with van der Waals surface area (Å²) in [7, 11) is 1.73. The zero-order valence-electron chi connectivity index (χ0n) is 11.6. The maximum Gasteiger partial charge on any atom is 0.0733 e. The van der Waals surface area contributed by atoms with Gasteiger partial charge in [-0.2, -0.15) is 0 Å². The van der Waals surface area contributed by atoms with Gasteiger partial charge in [-0.15, -0.1) is 0 Å².